The Morgan fingerprint density at radius 2 is 1.69 bits per heavy atom. The van der Waals surface area contributed by atoms with Crippen molar-refractivity contribution in [1.29, 1.82) is 0 Å². The highest BCUT2D eigenvalue weighted by atomic mass is 32.2. The first-order chi connectivity index (χ1) is 22.7. The number of amides is 3. The van der Waals surface area contributed by atoms with Gasteiger partial charge in [0.1, 0.15) is 12.6 Å². The molecule has 0 aromatic rings. The summed E-state index contributed by atoms with van der Waals surface area (Å²) in [5, 5.41) is 20.5. The van der Waals surface area contributed by atoms with Gasteiger partial charge in [0.2, 0.25) is 17.7 Å². The second-order valence-electron chi connectivity index (χ2n) is 14.7. The number of ether oxygens (including phenoxy) is 1. The number of ketones is 1. The number of hydrogen-bond acceptors (Lipinski definition) is 7. The third-order valence-electron chi connectivity index (χ3n) is 9.80. The van der Waals surface area contributed by atoms with Crippen LogP contribution in [0.1, 0.15) is 99.8 Å². The van der Waals surface area contributed by atoms with Crippen LogP contribution < -0.4 is 16.0 Å². The summed E-state index contributed by atoms with van der Waals surface area (Å²) >= 11 is 1.60. The lowest BCUT2D eigenvalue weighted by Gasteiger charge is -2.33. The van der Waals surface area contributed by atoms with Crippen molar-refractivity contribution in [3.05, 3.63) is 36.0 Å². The summed E-state index contributed by atoms with van der Waals surface area (Å²) in [6.45, 7) is 13.8. The Balaban J connectivity index is 2.14. The van der Waals surface area contributed by atoms with E-state index in [0.29, 0.717) is 43.3 Å². The molecule has 1 heterocycles. The predicted octanol–water partition coefficient (Wildman–Crippen LogP) is 5.53. The van der Waals surface area contributed by atoms with Gasteiger partial charge < -0.3 is 25.8 Å². The van der Waals surface area contributed by atoms with Crippen LogP contribution >= 0.6 is 11.8 Å². The molecule has 10 heteroatoms. The Morgan fingerprint density at radius 3 is 2.33 bits per heavy atom. The Labute approximate surface area is 293 Å². The van der Waals surface area contributed by atoms with Gasteiger partial charge in [-0.2, -0.15) is 11.8 Å². The van der Waals surface area contributed by atoms with Crippen molar-refractivity contribution >= 4 is 35.3 Å². The quantitative estimate of drug-likeness (QED) is 0.140. The molecular weight excluding hydrogens is 627 g/mol. The number of carbonyl (C=O) groups excluding carboxylic acids is 4. The van der Waals surface area contributed by atoms with E-state index in [9.17, 15) is 24.3 Å². The largest absolute Gasteiger partial charge is 0.391 e. The number of hydrogen-bond donors (Lipinski definition) is 4. The number of carbonyl (C=O) groups is 4. The van der Waals surface area contributed by atoms with Crippen LogP contribution in [0.3, 0.4) is 0 Å². The molecular formula is C38H63N3O6S. The molecule has 0 spiro atoms. The number of rotatable bonds is 19. The van der Waals surface area contributed by atoms with Crippen molar-refractivity contribution in [3.63, 3.8) is 0 Å². The first kappa shape index (κ1) is 41.7. The molecule has 0 bridgehead atoms. The molecule has 2 aliphatic rings. The summed E-state index contributed by atoms with van der Waals surface area (Å²) in [6.07, 6.45) is 15.8. The molecule has 1 aliphatic heterocycles. The molecule has 272 valence electrons. The van der Waals surface area contributed by atoms with Gasteiger partial charge in [-0.25, -0.2) is 0 Å². The summed E-state index contributed by atoms with van der Waals surface area (Å²) in [4.78, 5) is 51.5. The summed E-state index contributed by atoms with van der Waals surface area (Å²) in [6, 6.07) is -1.56. The highest BCUT2D eigenvalue weighted by Gasteiger charge is 2.35. The Morgan fingerprint density at radius 1 is 0.958 bits per heavy atom. The van der Waals surface area contributed by atoms with Gasteiger partial charge in [-0.05, 0) is 80.6 Å². The average molecular weight is 690 g/mol. The highest BCUT2D eigenvalue weighted by molar-refractivity contribution is 7.98. The number of nitrogens with one attached hydrogen (secondary N) is 3. The van der Waals surface area contributed by atoms with E-state index in [-0.39, 0.29) is 60.5 Å². The minimum absolute atomic E-state index is 0.0416. The van der Waals surface area contributed by atoms with E-state index in [1.54, 1.807) is 18.7 Å². The SMILES string of the molecule is CSCC[C@H](NC(C)=O)C(=O)N[C@@H](CC[C@@H](C)C(C)C)[C@@H](O)C[C@@H](C)C(=O)N[C@@H](C(C)C)[C@H]1C[C@@H](CC2=CC=CC=CC2)CC(=O)CO1. The van der Waals surface area contributed by atoms with Crippen LogP contribution in [0.25, 0.3) is 0 Å². The summed E-state index contributed by atoms with van der Waals surface area (Å²) in [7, 11) is 0. The zero-order valence-electron chi connectivity index (χ0n) is 30.6. The minimum atomic E-state index is -0.961. The van der Waals surface area contributed by atoms with Gasteiger partial charge in [-0.3, -0.25) is 19.2 Å². The summed E-state index contributed by atoms with van der Waals surface area (Å²) < 4.78 is 6.14. The van der Waals surface area contributed by atoms with E-state index in [2.05, 4.69) is 48.9 Å². The monoisotopic (exact) mass is 689 g/mol. The maximum absolute atomic E-state index is 13.7. The maximum atomic E-state index is 13.7. The molecule has 9 nitrogen and oxygen atoms in total. The van der Waals surface area contributed by atoms with Crippen molar-refractivity contribution < 1.29 is 29.0 Å². The molecule has 0 saturated carbocycles. The molecule has 0 aromatic heterocycles. The lowest BCUT2D eigenvalue weighted by molar-refractivity contribution is -0.130. The molecule has 0 unspecified atom stereocenters. The van der Waals surface area contributed by atoms with Gasteiger partial charge in [0.25, 0.3) is 0 Å². The van der Waals surface area contributed by atoms with Crippen molar-refractivity contribution in [3.8, 4) is 0 Å². The lowest BCUT2D eigenvalue weighted by atomic mass is 9.85. The van der Waals surface area contributed by atoms with E-state index in [1.165, 1.54) is 12.5 Å². The van der Waals surface area contributed by atoms with Gasteiger partial charge in [0.05, 0.1) is 24.3 Å². The highest BCUT2D eigenvalue weighted by Crippen LogP contribution is 2.30. The second kappa shape index (κ2) is 21.6. The summed E-state index contributed by atoms with van der Waals surface area (Å²) in [5.41, 5.74) is 1.28. The van der Waals surface area contributed by atoms with Gasteiger partial charge in [0, 0.05) is 19.3 Å². The van der Waals surface area contributed by atoms with E-state index in [0.717, 1.165) is 19.3 Å². The number of aliphatic hydroxyl groups is 1. The summed E-state index contributed by atoms with van der Waals surface area (Å²) in [5.74, 6) is 0.476. The first-order valence-corrected chi connectivity index (χ1v) is 19.3. The van der Waals surface area contributed by atoms with E-state index in [4.69, 9.17) is 4.74 Å². The fourth-order valence-corrected chi connectivity index (χ4v) is 6.88. The van der Waals surface area contributed by atoms with Crippen LogP contribution in [0.4, 0.5) is 0 Å². The zero-order valence-corrected chi connectivity index (χ0v) is 31.4. The Bertz CT molecular complexity index is 1140. The molecule has 3 amide bonds. The molecule has 8 atom stereocenters. The van der Waals surface area contributed by atoms with Crippen molar-refractivity contribution in [1.82, 2.24) is 16.0 Å². The fourth-order valence-electron chi connectivity index (χ4n) is 6.41. The molecule has 0 aromatic carbocycles. The molecule has 1 saturated heterocycles. The maximum Gasteiger partial charge on any atom is 0.242 e. The van der Waals surface area contributed by atoms with E-state index < -0.39 is 24.1 Å². The standard InChI is InChI=1S/C38H63N3O6S/c1-24(2)26(5)15-16-32(40-38(46)33(17-18-48-8)39-28(7)42)34(44)19-27(6)37(45)41-36(25(3)4)35-22-30(21-31(43)23-47-35)20-29-13-11-9-10-12-14-29/h9-13,24-27,30,32-36,44H,14-23H2,1-8H3,(H,39,42)(H,40,46)(H,41,45)/t26-,27-,30+,32+,33+,34+,35-,36+/m1/s1. The van der Waals surface area contributed by atoms with Crippen molar-refractivity contribution in [2.24, 2.45) is 29.6 Å². The molecule has 48 heavy (non-hydrogen) atoms. The zero-order chi connectivity index (χ0) is 35.8. The third-order valence-corrected chi connectivity index (χ3v) is 10.4. The van der Waals surface area contributed by atoms with Crippen molar-refractivity contribution in [2.75, 3.05) is 18.6 Å². The normalized spacial score (nSPS) is 22.1. The van der Waals surface area contributed by atoms with E-state index >= 15 is 0 Å². The molecule has 4 N–H and O–H groups in total. The number of aliphatic hydroxyl groups excluding tert-OH is 1. The van der Waals surface area contributed by atoms with E-state index in [1.807, 2.05) is 38.3 Å². The predicted molar refractivity (Wildman–Crippen MR) is 195 cm³/mol. The lowest BCUT2D eigenvalue weighted by Crippen LogP contribution is -2.53. The van der Waals surface area contributed by atoms with Gasteiger partial charge in [-0.15, -0.1) is 0 Å². The molecule has 0 radical (unpaired) electrons. The molecule has 1 aliphatic carbocycles. The number of Topliss-reactive ketones (excluding diaryl/α,β-unsaturated/α-hetero) is 1. The topological polar surface area (TPSA) is 134 Å². The third kappa shape index (κ3) is 15.0. The van der Waals surface area contributed by atoms with Crippen molar-refractivity contribution in [2.45, 2.75) is 130 Å². The number of thioether (sulfide) groups is 1. The van der Waals surface area contributed by atoms with Gasteiger partial charge in [-0.1, -0.05) is 77.5 Å². The smallest absolute Gasteiger partial charge is 0.242 e. The van der Waals surface area contributed by atoms with Crippen LogP contribution in [0.15, 0.2) is 36.0 Å². The van der Waals surface area contributed by atoms with Crippen LogP contribution in [0.5, 0.6) is 0 Å². The minimum Gasteiger partial charge on any atom is -0.391 e. The fraction of sp³-hybridized carbons (Fsp3) is 0.737. The first-order valence-electron chi connectivity index (χ1n) is 17.9. The van der Waals surface area contributed by atoms with Gasteiger partial charge in [0.15, 0.2) is 5.78 Å². The Hall–Kier alpha value is -2.43. The van der Waals surface area contributed by atoms with Crippen LogP contribution in [-0.4, -0.2) is 77.6 Å². The molecule has 2 rings (SSSR count). The van der Waals surface area contributed by atoms with Crippen LogP contribution in [-0.2, 0) is 23.9 Å². The van der Waals surface area contributed by atoms with Gasteiger partial charge >= 0.3 is 0 Å². The Kier molecular flexibility index (Phi) is 18.8. The van der Waals surface area contributed by atoms with Crippen LogP contribution in [0, 0.1) is 29.6 Å². The number of allylic oxidation sites excluding steroid dienone is 6. The van der Waals surface area contributed by atoms with Crippen LogP contribution in [0.2, 0.25) is 0 Å². The average Bonchev–Trinajstić information content (AvgIpc) is 3.39. The second-order valence-corrected chi connectivity index (χ2v) is 15.7. The molecule has 1 fully saturated rings.